The summed E-state index contributed by atoms with van der Waals surface area (Å²) in [5.41, 5.74) is 13.5. The Balaban J connectivity index is 1.35. The van der Waals surface area contributed by atoms with E-state index in [4.69, 9.17) is 0 Å². The van der Waals surface area contributed by atoms with E-state index in [2.05, 4.69) is 82.5 Å². The van der Waals surface area contributed by atoms with E-state index in [9.17, 15) is 9.59 Å². The lowest BCUT2D eigenvalue weighted by Gasteiger charge is -2.14. The molecule has 3 heterocycles. The van der Waals surface area contributed by atoms with Crippen LogP contribution in [0.5, 0.6) is 0 Å². The number of aryl methyl sites for hydroxylation is 6. The van der Waals surface area contributed by atoms with Crippen molar-refractivity contribution in [2.45, 2.75) is 41.5 Å². The second kappa shape index (κ2) is 9.96. The standard InChI is InChI=1S/C40H31NO2S2/c1-20-11-22(3)35(23(4)12-20)34-19-33-40(45-34)39-32(41(33)36-24(5)13-21(2)14-25(36)6)18-28(44-39)17-31-37(42)29-15-26-9-7-8-10-27(26)16-30(29)38(31)43/h7-19H,1-6H3. The molecule has 0 saturated heterocycles. The number of nitrogens with zero attached hydrogens (tertiary/aromatic N) is 1. The van der Waals surface area contributed by atoms with Gasteiger partial charge in [0.2, 0.25) is 0 Å². The average Bonchev–Trinajstić information content (AvgIpc) is 3.70. The molecule has 0 amide bonds. The summed E-state index contributed by atoms with van der Waals surface area (Å²) in [5.74, 6) is -0.387. The van der Waals surface area contributed by atoms with Gasteiger partial charge < -0.3 is 4.57 Å². The van der Waals surface area contributed by atoms with Crippen LogP contribution in [0.3, 0.4) is 0 Å². The Kier molecular flexibility index (Phi) is 6.18. The van der Waals surface area contributed by atoms with Crippen molar-refractivity contribution in [2.75, 3.05) is 0 Å². The van der Waals surface area contributed by atoms with Crippen LogP contribution in [0.4, 0.5) is 0 Å². The Bertz CT molecular complexity index is 2380. The van der Waals surface area contributed by atoms with Gasteiger partial charge in [0.1, 0.15) is 0 Å². The number of aromatic nitrogens is 1. The summed E-state index contributed by atoms with van der Waals surface area (Å²) in [5, 5.41) is 1.93. The molecule has 0 aliphatic heterocycles. The van der Waals surface area contributed by atoms with Gasteiger partial charge in [0, 0.05) is 20.9 Å². The highest BCUT2D eigenvalue weighted by atomic mass is 32.1. The number of carbonyl (C=O) groups excluding carboxylic acids is 2. The molecule has 0 spiro atoms. The number of rotatable bonds is 3. The third-order valence-electron chi connectivity index (χ3n) is 9.07. The number of benzene rings is 4. The Morgan fingerprint density at radius 3 is 1.69 bits per heavy atom. The maximum absolute atomic E-state index is 13.6. The van der Waals surface area contributed by atoms with Gasteiger partial charge in [-0.25, -0.2) is 0 Å². The van der Waals surface area contributed by atoms with Gasteiger partial charge in [-0.2, -0.15) is 0 Å². The molecule has 45 heavy (non-hydrogen) atoms. The van der Waals surface area contributed by atoms with Gasteiger partial charge in [0.25, 0.3) is 0 Å². The van der Waals surface area contributed by atoms with Crippen LogP contribution in [0.2, 0.25) is 0 Å². The van der Waals surface area contributed by atoms with E-state index in [0.29, 0.717) is 11.1 Å². The molecule has 0 unspecified atom stereocenters. The molecule has 8 rings (SSSR count). The fourth-order valence-corrected chi connectivity index (χ4v) is 9.93. The smallest absolute Gasteiger partial charge is 0.197 e. The topological polar surface area (TPSA) is 39.1 Å². The molecular formula is C40H31NO2S2. The molecule has 1 aliphatic rings. The number of carbonyl (C=O) groups is 2. The van der Waals surface area contributed by atoms with Gasteiger partial charge >= 0.3 is 0 Å². The van der Waals surface area contributed by atoms with Crippen LogP contribution < -0.4 is 0 Å². The summed E-state index contributed by atoms with van der Waals surface area (Å²) in [6, 6.07) is 25.1. The molecule has 5 heteroatoms. The highest BCUT2D eigenvalue weighted by Gasteiger charge is 2.34. The highest BCUT2D eigenvalue weighted by molar-refractivity contribution is 7.29. The summed E-state index contributed by atoms with van der Waals surface area (Å²) >= 11 is 3.49. The lowest BCUT2D eigenvalue weighted by atomic mass is 9.98. The van der Waals surface area contributed by atoms with E-state index < -0.39 is 0 Å². The van der Waals surface area contributed by atoms with E-state index in [1.54, 1.807) is 11.3 Å². The third kappa shape index (κ3) is 4.22. The minimum absolute atomic E-state index is 0.194. The zero-order valence-corrected chi connectivity index (χ0v) is 27.7. The first-order valence-corrected chi connectivity index (χ1v) is 16.8. The fourth-order valence-electron chi connectivity index (χ4n) is 7.38. The molecule has 0 bridgehead atoms. The van der Waals surface area contributed by atoms with Crippen molar-refractivity contribution in [2.24, 2.45) is 0 Å². The molecule has 3 nitrogen and oxygen atoms in total. The van der Waals surface area contributed by atoms with Crippen molar-refractivity contribution < 1.29 is 9.59 Å². The average molecular weight is 622 g/mol. The summed E-state index contributed by atoms with van der Waals surface area (Å²) in [6.07, 6.45) is 1.81. The minimum atomic E-state index is -0.194. The van der Waals surface area contributed by atoms with Gasteiger partial charge in [0.15, 0.2) is 11.6 Å². The minimum Gasteiger partial charge on any atom is -0.307 e. The monoisotopic (exact) mass is 621 g/mol. The number of thiophene rings is 2. The second-order valence-electron chi connectivity index (χ2n) is 12.5. The number of hydrogen-bond acceptors (Lipinski definition) is 4. The predicted octanol–water partition coefficient (Wildman–Crippen LogP) is 11.0. The quantitative estimate of drug-likeness (QED) is 0.145. The van der Waals surface area contributed by atoms with Crippen LogP contribution in [0, 0.1) is 41.5 Å². The zero-order chi connectivity index (χ0) is 31.3. The van der Waals surface area contributed by atoms with Crippen molar-refractivity contribution >= 4 is 71.5 Å². The Morgan fingerprint density at radius 1 is 0.600 bits per heavy atom. The van der Waals surface area contributed by atoms with E-state index in [1.165, 1.54) is 64.4 Å². The fraction of sp³-hybridized carbons (Fsp3) is 0.150. The van der Waals surface area contributed by atoms with Crippen molar-refractivity contribution in [3.8, 4) is 16.1 Å². The third-order valence-corrected chi connectivity index (χ3v) is 11.4. The first-order valence-electron chi connectivity index (χ1n) is 15.2. The van der Waals surface area contributed by atoms with Crippen molar-refractivity contribution in [1.29, 1.82) is 0 Å². The second-order valence-corrected chi connectivity index (χ2v) is 14.6. The number of fused-ring (bicyclic) bond motifs is 5. The molecular weight excluding hydrogens is 591 g/mol. The van der Waals surface area contributed by atoms with Gasteiger partial charge in [-0.05, 0) is 110 Å². The molecule has 1 aliphatic carbocycles. The highest BCUT2D eigenvalue weighted by Crippen LogP contribution is 2.47. The molecule has 220 valence electrons. The largest absolute Gasteiger partial charge is 0.307 e. The summed E-state index contributed by atoms with van der Waals surface area (Å²) in [7, 11) is 0. The van der Waals surface area contributed by atoms with Crippen LogP contribution in [-0.2, 0) is 0 Å². The Morgan fingerprint density at radius 2 is 1.11 bits per heavy atom. The van der Waals surface area contributed by atoms with Gasteiger partial charge in [-0.3, -0.25) is 9.59 Å². The van der Waals surface area contributed by atoms with E-state index in [0.717, 1.165) is 21.2 Å². The maximum Gasteiger partial charge on any atom is 0.197 e. The molecule has 4 aromatic carbocycles. The zero-order valence-electron chi connectivity index (χ0n) is 26.1. The summed E-state index contributed by atoms with van der Waals surface area (Å²) in [4.78, 5) is 29.3. The van der Waals surface area contributed by atoms with Gasteiger partial charge in [-0.15, -0.1) is 22.7 Å². The van der Waals surface area contributed by atoms with Crippen LogP contribution in [0.25, 0.3) is 53.4 Å². The first-order chi connectivity index (χ1) is 21.6. The molecule has 0 saturated carbocycles. The lowest BCUT2D eigenvalue weighted by Crippen LogP contribution is -2.00. The maximum atomic E-state index is 13.6. The van der Waals surface area contributed by atoms with Crippen molar-refractivity contribution in [3.63, 3.8) is 0 Å². The SMILES string of the molecule is Cc1cc(C)c(-c2cc3c(s2)c2sc(C=C4C(=O)c5cc6ccccc6cc5C4=O)cc2n3-c2c(C)cc(C)cc2C)c(C)c1. The van der Waals surface area contributed by atoms with E-state index in [1.807, 2.05) is 53.8 Å². The van der Waals surface area contributed by atoms with Crippen molar-refractivity contribution in [3.05, 3.63) is 128 Å². The molecule has 0 fully saturated rings. The molecule has 3 aromatic heterocycles. The van der Waals surface area contributed by atoms with Crippen LogP contribution in [0.15, 0.2) is 78.4 Å². The number of allylic oxidation sites excluding steroid dienone is 1. The van der Waals surface area contributed by atoms with Crippen LogP contribution in [0.1, 0.15) is 59.0 Å². The number of hydrogen-bond donors (Lipinski definition) is 0. The summed E-state index contributed by atoms with van der Waals surface area (Å²) in [6.45, 7) is 13.0. The lowest BCUT2D eigenvalue weighted by molar-refractivity contribution is 0.0990. The number of Topliss-reactive ketones (excluding diaryl/α,β-unsaturated/α-hetero) is 2. The predicted molar refractivity (Wildman–Crippen MR) is 191 cm³/mol. The molecule has 0 radical (unpaired) electrons. The van der Waals surface area contributed by atoms with Gasteiger partial charge in [-0.1, -0.05) is 59.7 Å². The summed E-state index contributed by atoms with van der Waals surface area (Å²) < 4.78 is 4.80. The van der Waals surface area contributed by atoms with Crippen LogP contribution in [-0.4, -0.2) is 16.1 Å². The first kappa shape index (κ1) is 27.9. The van der Waals surface area contributed by atoms with E-state index in [-0.39, 0.29) is 17.1 Å². The van der Waals surface area contributed by atoms with E-state index >= 15 is 0 Å². The molecule has 0 atom stereocenters. The molecule has 0 N–H and O–H groups in total. The normalized spacial score (nSPS) is 13.2. The Labute approximate surface area is 270 Å². The number of ketones is 2. The Hall–Kier alpha value is -4.58. The van der Waals surface area contributed by atoms with Crippen molar-refractivity contribution in [1.82, 2.24) is 4.57 Å². The van der Waals surface area contributed by atoms with Gasteiger partial charge in [0.05, 0.1) is 31.7 Å². The van der Waals surface area contributed by atoms with Crippen LogP contribution >= 0.6 is 22.7 Å². The molecule has 7 aromatic rings.